The Morgan fingerprint density at radius 2 is 2.60 bits per heavy atom. The predicted octanol–water partition coefficient (Wildman–Crippen LogP) is -1.24. The van der Waals surface area contributed by atoms with Crippen LogP contribution in [0.4, 0.5) is 0 Å². The number of nitrogens with one attached hydrogen (secondary N) is 2. The zero-order valence-electron chi connectivity index (χ0n) is 5.72. The molecule has 2 unspecified atom stereocenters. The first-order valence-corrected chi connectivity index (χ1v) is 4.63. The zero-order chi connectivity index (χ0) is 7.56. The molecule has 58 valence electrons. The average Bonchev–Trinajstić information content (AvgIpc) is 2.15. The summed E-state index contributed by atoms with van der Waals surface area (Å²) in [6, 6.07) is -0.245. The van der Waals surface area contributed by atoms with Gasteiger partial charge in [0, 0.05) is 17.9 Å². The third-order valence-electron chi connectivity index (χ3n) is 1.36. The Bertz CT molecular complexity index is 140. The molecule has 0 aromatic carbocycles. The average molecular weight is 162 g/mol. The molecule has 1 aliphatic rings. The normalized spacial score (nSPS) is 28.2. The van der Waals surface area contributed by atoms with Gasteiger partial charge in [0.05, 0.1) is 0 Å². The van der Waals surface area contributed by atoms with Crippen LogP contribution in [0.5, 0.6) is 0 Å². The van der Waals surface area contributed by atoms with Gasteiger partial charge in [-0.25, -0.2) is 0 Å². The van der Waals surface area contributed by atoms with Crippen LogP contribution in [-0.4, -0.2) is 29.3 Å². The Balaban J connectivity index is 2.33. The first-order valence-electron chi connectivity index (χ1n) is 3.07. The minimum Gasteiger partial charge on any atom is -0.598 e. The van der Waals surface area contributed by atoms with Crippen molar-refractivity contribution in [3.8, 4) is 0 Å². The van der Waals surface area contributed by atoms with Crippen molar-refractivity contribution in [2.45, 2.75) is 12.5 Å². The summed E-state index contributed by atoms with van der Waals surface area (Å²) in [5.41, 5.74) is 0. The van der Waals surface area contributed by atoms with E-state index in [4.69, 9.17) is 0 Å². The monoisotopic (exact) mass is 162 g/mol. The van der Waals surface area contributed by atoms with Gasteiger partial charge in [0.1, 0.15) is 12.3 Å². The molecule has 2 N–H and O–H groups in total. The molecule has 10 heavy (non-hydrogen) atoms. The van der Waals surface area contributed by atoms with E-state index in [0.29, 0.717) is 6.54 Å². The maximum absolute atomic E-state index is 10.8. The molecule has 4 nitrogen and oxygen atoms in total. The van der Waals surface area contributed by atoms with Crippen LogP contribution in [0.3, 0.4) is 0 Å². The molecule has 0 bridgehead atoms. The standard InChI is InChI=1S/C5H10N2O2S/c1-10(9)7-4-2-3-6-5(4)8/h4,7H,2-3H2,1H3,(H,6,8). The van der Waals surface area contributed by atoms with E-state index in [1.807, 2.05) is 0 Å². The minimum atomic E-state index is -1.09. The Morgan fingerprint density at radius 1 is 1.90 bits per heavy atom. The third-order valence-corrected chi connectivity index (χ3v) is 1.97. The lowest BCUT2D eigenvalue weighted by Crippen LogP contribution is -2.39. The molecule has 2 atom stereocenters. The van der Waals surface area contributed by atoms with Crippen LogP contribution in [0.2, 0.25) is 0 Å². The first-order chi connectivity index (χ1) is 4.70. The molecule has 0 radical (unpaired) electrons. The van der Waals surface area contributed by atoms with E-state index >= 15 is 0 Å². The molecule has 1 fully saturated rings. The van der Waals surface area contributed by atoms with Gasteiger partial charge in [-0.05, 0) is 6.42 Å². The summed E-state index contributed by atoms with van der Waals surface area (Å²) in [5, 5.41) is 2.64. The highest BCUT2D eigenvalue weighted by molar-refractivity contribution is 7.88. The largest absolute Gasteiger partial charge is 0.598 e. The Morgan fingerprint density at radius 3 is 3.00 bits per heavy atom. The van der Waals surface area contributed by atoms with E-state index in [-0.39, 0.29) is 11.9 Å². The van der Waals surface area contributed by atoms with Gasteiger partial charge in [0.2, 0.25) is 5.91 Å². The molecule has 1 rings (SSSR count). The van der Waals surface area contributed by atoms with Crippen molar-refractivity contribution in [3.63, 3.8) is 0 Å². The number of amides is 1. The van der Waals surface area contributed by atoms with Gasteiger partial charge in [-0.15, -0.1) is 4.72 Å². The van der Waals surface area contributed by atoms with Crippen molar-refractivity contribution in [1.29, 1.82) is 0 Å². The lowest BCUT2D eigenvalue weighted by Gasteiger charge is -2.08. The first kappa shape index (κ1) is 7.84. The summed E-state index contributed by atoms with van der Waals surface area (Å²) in [5.74, 6) is -0.0461. The van der Waals surface area contributed by atoms with Gasteiger partial charge >= 0.3 is 0 Å². The maximum atomic E-state index is 10.8. The van der Waals surface area contributed by atoms with Gasteiger partial charge in [0.15, 0.2) is 0 Å². The van der Waals surface area contributed by atoms with Crippen LogP contribution >= 0.6 is 0 Å². The number of hydrogen-bond donors (Lipinski definition) is 2. The van der Waals surface area contributed by atoms with Crippen molar-refractivity contribution in [1.82, 2.24) is 10.0 Å². The molecule has 0 aliphatic carbocycles. The number of rotatable bonds is 2. The molecule has 5 heteroatoms. The van der Waals surface area contributed by atoms with Crippen molar-refractivity contribution >= 4 is 17.3 Å². The molecular weight excluding hydrogens is 152 g/mol. The molecule has 0 spiro atoms. The Kier molecular flexibility index (Phi) is 2.53. The molecule has 1 saturated heterocycles. The Labute approximate surface area is 62.7 Å². The molecule has 1 amide bonds. The van der Waals surface area contributed by atoms with Gasteiger partial charge in [-0.1, -0.05) is 0 Å². The fraction of sp³-hybridized carbons (Fsp3) is 0.800. The second-order valence-electron chi connectivity index (χ2n) is 2.20. The molecule has 0 saturated carbocycles. The number of carbonyl (C=O) groups is 1. The minimum absolute atomic E-state index is 0.0461. The zero-order valence-corrected chi connectivity index (χ0v) is 6.53. The van der Waals surface area contributed by atoms with Gasteiger partial charge in [-0.2, -0.15) is 0 Å². The lowest BCUT2D eigenvalue weighted by atomic mass is 10.3. The topological polar surface area (TPSA) is 64.2 Å². The highest BCUT2D eigenvalue weighted by Gasteiger charge is 2.26. The predicted molar refractivity (Wildman–Crippen MR) is 38.6 cm³/mol. The molecule has 0 aromatic rings. The van der Waals surface area contributed by atoms with E-state index in [1.54, 1.807) is 0 Å². The van der Waals surface area contributed by atoms with Crippen molar-refractivity contribution in [2.75, 3.05) is 12.8 Å². The molecule has 1 heterocycles. The highest BCUT2D eigenvalue weighted by Crippen LogP contribution is 1.99. The Hall–Kier alpha value is -0.260. The molecule has 0 aromatic heterocycles. The summed E-state index contributed by atoms with van der Waals surface area (Å²) in [6.07, 6.45) is 2.25. The number of hydrogen-bond acceptors (Lipinski definition) is 3. The molecule has 1 aliphatic heterocycles. The van der Waals surface area contributed by atoms with E-state index in [9.17, 15) is 9.35 Å². The van der Waals surface area contributed by atoms with Crippen LogP contribution in [0.25, 0.3) is 0 Å². The van der Waals surface area contributed by atoms with Crippen molar-refractivity contribution < 1.29 is 9.35 Å². The SMILES string of the molecule is C[S+]([O-])NC1CCNC1=O. The van der Waals surface area contributed by atoms with Crippen LogP contribution in [0, 0.1) is 0 Å². The second-order valence-corrected chi connectivity index (χ2v) is 3.35. The fourth-order valence-corrected chi connectivity index (χ4v) is 1.53. The third kappa shape index (κ3) is 1.86. The highest BCUT2D eigenvalue weighted by atomic mass is 32.2. The van der Waals surface area contributed by atoms with Gasteiger partial charge in [-0.3, -0.25) is 4.79 Å². The van der Waals surface area contributed by atoms with E-state index < -0.39 is 11.4 Å². The van der Waals surface area contributed by atoms with E-state index in [1.165, 1.54) is 6.26 Å². The van der Waals surface area contributed by atoms with E-state index in [0.717, 1.165) is 6.42 Å². The van der Waals surface area contributed by atoms with Crippen molar-refractivity contribution in [2.24, 2.45) is 0 Å². The second kappa shape index (κ2) is 3.23. The quantitative estimate of drug-likeness (QED) is 0.499. The lowest BCUT2D eigenvalue weighted by molar-refractivity contribution is -0.120. The van der Waals surface area contributed by atoms with Crippen LogP contribution in [0.1, 0.15) is 6.42 Å². The fourth-order valence-electron chi connectivity index (χ4n) is 0.907. The summed E-state index contributed by atoms with van der Waals surface area (Å²) < 4.78 is 13.2. The van der Waals surface area contributed by atoms with E-state index in [2.05, 4.69) is 10.0 Å². The van der Waals surface area contributed by atoms with Crippen LogP contribution < -0.4 is 10.0 Å². The molecular formula is C5H10N2O2S. The smallest absolute Gasteiger partial charge is 0.241 e. The van der Waals surface area contributed by atoms with Crippen LogP contribution in [0.15, 0.2) is 0 Å². The number of carbonyl (C=O) groups excluding carboxylic acids is 1. The summed E-state index contributed by atoms with van der Waals surface area (Å²) in [6.45, 7) is 0.688. The van der Waals surface area contributed by atoms with Crippen LogP contribution in [-0.2, 0) is 16.2 Å². The maximum Gasteiger partial charge on any atom is 0.241 e. The van der Waals surface area contributed by atoms with Crippen molar-refractivity contribution in [3.05, 3.63) is 0 Å². The van der Waals surface area contributed by atoms with Gasteiger partial charge < -0.3 is 9.87 Å². The van der Waals surface area contributed by atoms with Gasteiger partial charge in [0.25, 0.3) is 0 Å². The summed E-state index contributed by atoms with van der Waals surface area (Å²) in [4.78, 5) is 10.8. The summed E-state index contributed by atoms with van der Waals surface area (Å²) >= 11 is -1.09. The summed E-state index contributed by atoms with van der Waals surface area (Å²) in [7, 11) is 0.